The maximum atomic E-state index is 13.3. The first kappa shape index (κ1) is 20.5. The third-order valence-electron chi connectivity index (χ3n) is 5.43. The molecule has 31 heavy (non-hydrogen) atoms. The second kappa shape index (κ2) is 8.55. The van der Waals surface area contributed by atoms with Gasteiger partial charge in [0.05, 0.1) is 19.8 Å². The fourth-order valence-electron chi connectivity index (χ4n) is 3.74. The summed E-state index contributed by atoms with van der Waals surface area (Å²) in [7, 11) is 2.96. The Kier molecular flexibility index (Phi) is 5.66. The van der Waals surface area contributed by atoms with E-state index in [1.54, 1.807) is 31.1 Å². The molecule has 0 unspecified atom stereocenters. The number of carbonyl (C=O) groups is 2. The predicted octanol–water partition coefficient (Wildman–Crippen LogP) is 4.19. The molecule has 0 saturated heterocycles. The van der Waals surface area contributed by atoms with Gasteiger partial charge in [-0.05, 0) is 49.2 Å². The number of carbonyl (C=O) groups excluding carboxylic acids is 2. The summed E-state index contributed by atoms with van der Waals surface area (Å²) in [6.07, 6.45) is 0.109. The molecule has 2 aromatic carbocycles. The van der Waals surface area contributed by atoms with Crippen molar-refractivity contribution in [1.29, 1.82) is 0 Å². The first-order chi connectivity index (χ1) is 15.0. The zero-order chi connectivity index (χ0) is 22.0. The van der Waals surface area contributed by atoms with Gasteiger partial charge in [0.25, 0.3) is 5.91 Å². The Hall–Kier alpha value is -3.74. The first-order valence-electron chi connectivity index (χ1n) is 10.00. The van der Waals surface area contributed by atoms with Crippen molar-refractivity contribution in [3.63, 3.8) is 0 Å². The molecule has 1 N–H and O–H groups in total. The summed E-state index contributed by atoms with van der Waals surface area (Å²) in [5.74, 6) is 1.15. The van der Waals surface area contributed by atoms with Crippen LogP contribution in [0.5, 0.6) is 5.75 Å². The molecular formula is C24H24N2O5. The maximum Gasteiger partial charge on any atom is 0.341 e. The lowest BCUT2D eigenvalue weighted by Crippen LogP contribution is -2.43. The summed E-state index contributed by atoms with van der Waals surface area (Å²) in [6.45, 7) is 2.17. The number of hydrogen-bond acceptors (Lipinski definition) is 6. The zero-order valence-electron chi connectivity index (χ0n) is 17.7. The summed E-state index contributed by atoms with van der Waals surface area (Å²) in [4.78, 5) is 27.1. The van der Waals surface area contributed by atoms with Crippen LogP contribution in [0, 0.1) is 6.92 Å². The standard InChI is InChI=1S/C24H24N2O5/c1-15-19(24(28)30-3)14-21(31-15)22-25-20-7-5-4-6-18(20)23(27)26(22)13-12-16-8-10-17(29-2)11-9-16/h4-11,14,22,25H,12-13H2,1-3H3/t22-/m1/s1. The number of benzene rings is 2. The minimum atomic E-state index is -0.544. The third-order valence-corrected chi connectivity index (χ3v) is 5.43. The van der Waals surface area contributed by atoms with Crippen molar-refractivity contribution in [3.05, 3.63) is 82.8 Å². The second-order valence-corrected chi connectivity index (χ2v) is 7.30. The predicted molar refractivity (Wildman–Crippen MR) is 115 cm³/mol. The van der Waals surface area contributed by atoms with Crippen LogP contribution in [0.25, 0.3) is 0 Å². The molecule has 7 heteroatoms. The fourth-order valence-corrected chi connectivity index (χ4v) is 3.74. The van der Waals surface area contributed by atoms with E-state index in [1.165, 1.54) is 7.11 Å². The number of aryl methyl sites for hydroxylation is 1. The number of rotatable bonds is 6. The lowest BCUT2D eigenvalue weighted by Gasteiger charge is -2.36. The Balaban J connectivity index is 1.65. The second-order valence-electron chi connectivity index (χ2n) is 7.30. The molecule has 1 aliphatic heterocycles. The largest absolute Gasteiger partial charge is 0.497 e. The van der Waals surface area contributed by atoms with Gasteiger partial charge in [-0.1, -0.05) is 24.3 Å². The van der Waals surface area contributed by atoms with E-state index in [0.29, 0.717) is 35.6 Å². The number of methoxy groups -OCH3 is 2. The normalized spacial score (nSPS) is 15.3. The number of fused-ring (bicyclic) bond motifs is 1. The quantitative estimate of drug-likeness (QED) is 0.602. The van der Waals surface area contributed by atoms with Crippen LogP contribution in [0.1, 0.15) is 44.0 Å². The van der Waals surface area contributed by atoms with E-state index in [-0.39, 0.29) is 5.91 Å². The average molecular weight is 420 g/mol. The van der Waals surface area contributed by atoms with Crippen molar-refractivity contribution in [2.24, 2.45) is 0 Å². The van der Waals surface area contributed by atoms with Gasteiger partial charge in [-0.25, -0.2) is 4.79 Å². The van der Waals surface area contributed by atoms with Gasteiger partial charge in [-0.2, -0.15) is 0 Å². The molecule has 3 aromatic rings. The van der Waals surface area contributed by atoms with Gasteiger partial charge in [0.1, 0.15) is 22.8 Å². The van der Waals surface area contributed by atoms with Crippen LogP contribution in [0.3, 0.4) is 0 Å². The van der Waals surface area contributed by atoms with Crippen molar-refractivity contribution in [2.75, 3.05) is 26.1 Å². The number of esters is 1. The van der Waals surface area contributed by atoms with E-state index in [9.17, 15) is 9.59 Å². The van der Waals surface area contributed by atoms with Gasteiger partial charge in [0, 0.05) is 12.2 Å². The van der Waals surface area contributed by atoms with Crippen LogP contribution in [0.4, 0.5) is 5.69 Å². The molecular weight excluding hydrogens is 396 g/mol. The van der Waals surface area contributed by atoms with Crippen LogP contribution in [-0.2, 0) is 11.2 Å². The fraction of sp³-hybridized carbons (Fsp3) is 0.250. The van der Waals surface area contributed by atoms with Crippen LogP contribution in [0.2, 0.25) is 0 Å². The smallest absolute Gasteiger partial charge is 0.341 e. The molecule has 160 valence electrons. The highest BCUT2D eigenvalue weighted by Gasteiger charge is 2.35. The third kappa shape index (κ3) is 3.99. The van der Waals surface area contributed by atoms with Crippen molar-refractivity contribution in [3.8, 4) is 5.75 Å². The van der Waals surface area contributed by atoms with Crippen molar-refractivity contribution < 1.29 is 23.5 Å². The van der Waals surface area contributed by atoms with Gasteiger partial charge in [0.15, 0.2) is 6.17 Å². The highest BCUT2D eigenvalue weighted by molar-refractivity contribution is 6.01. The summed E-state index contributed by atoms with van der Waals surface area (Å²) in [5, 5.41) is 3.39. The van der Waals surface area contributed by atoms with E-state index in [2.05, 4.69) is 5.32 Å². The molecule has 0 aliphatic carbocycles. The van der Waals surface area contributed by atoms with E-state index in [1.807, 2.05) is 42.5 Å². The van der Waals surface area contributed by atoms with Gasteiger partial charge < -0.3 is 24.1 Å². The summed E-state index contributed by atoms with van der Waals surface area (Å²) in [6, 6.07) is 16.8. The molecule has 0 saturated carbocycles. The zero-order valence-corrected chi connectivity index (χ0v) is 17.7. The number of ether oxygens (including phenoxy) is 2. The molecule has 0 fully saturated rings. The molecule has 1 aliphatic rings. The van der Waals surface area contributed by atoms with E-state index >= 15 is 0 Å². The number of nitrogens with one attached hydrogen (secondary N) is 1. The molecule has 1 atom stereocenters. The molecule has 0 radical (unpaired) electrons. The average Bonchev–Trinajstić information content (AvgIpc) is 3.19. The van der Waals surface area contributed by atoms with Crippen molar-refractivity contribution in [2.45, 2.75) is 19.5 Å². The minimum Gasteiger partial charge on any atom is -0.497 e. The van der Waals surface area contributed by atoms with E-state index in [4.69, 9.17) is 13.9 Å². The van der Waals surface area contributed by atoms with Gasteiger partial charge in [0.2, 0.25) is 0 Å². The number of para-hydroxylation sites is 1. The number of furan rings is 1. The highest BCUT2D eigenvalue weighted by atomic mass is 16.5. The SMILES string of the molecule is COC(=O)c1cc([C@@H]2Nc3ccccc3C(=O)N2CCc2ccc(OC)cc2)oc1C. The lowest BCUT2D eigenvalue weighted by atomic mass is 10.0. The van der Waals surface area contributed by atoms with Gasteiger partial charge in [-0.15, -0.1) is 0 Å². The molecule has 0 spiro atoms. The summed E-state index contributed by atoms with van der Waals surface area (Å²) in [5.41, 5.74) is 2.76. The van der Waals surface area contributed by atoms with Crippen molar-refractivity contribution >= 4 is 17.6 Å². The Morgan fingerprint density at radius 3 is 2.58 bits per heavy atom. The Morgan fingerprint density at radius 2 is 1.87 bits per heavy atom. The van der Waals surface area contributed by atoms with Crippen molar-refractivity contribution in [1.82, 2.24) is 4.90 Å². The molecule has 1 aromatic heterocycles. The topological polar surface area (TPSA) is 81.0 Å². The number of amides is 1. The minimum absolute atomic E-state index is 0.0958. The van der Waals surface area contributed by atoms with E-state index in [0.717, 1.165) is 17.0 Å². The molecule has 7 nitrogen and oxygen atoms in total. The van der Waals surface area contributed by atoms with Crippen LogP contribution >= 0.6 is 0 Å². The summed E-state index contributed by atoms with van der Waals surface area (Å²) >= 11 is 0. The van der Waals surface area contributed by atoms with Gasteiger partial charge >= 0.3 is 5.97 Å². The molecule has 2 heterocycles. The van der Waals surface area contributed by atoms with Crippen LogP contribution in [0.15, 0.2) is 59.0 Å². The van der Waals surface area contributed by atoms with Gasteiger partial charge in [-0.3, -0.25) is 4.79 Å². The molecule has 1 amide bonds. The lowest BCUT2D eigenvalue weighted by molar-refractivity contribution is 0.0597. The molecule has 0 bridgehead atoms. The highest BCUT2D eigenvalue weighted by Crippen LogP contribution is 2.35. The van der Waals surface area contributed by atoms with E-state index < -0.39 is 12.1 Å². The number of hydrogen-bond donors (Lipinski definition) is 1. The Labute approximate surface area is 180 Å². The van der Waals surface area contributed by atoms with Crippen LogP contribution in [-0.4, -0.2) is 37.5 Å². The monoisotopic (exact) mass is 420 g/mol. The maximum absolute atomic E-state index is 13.3. The Bertz CT molecular complexity index is 1100. The van der Waals surface area contributed by atoms with Crippen LogP contribution < -0.4 is 10.1 Å². The first-order valence-corrected chi connectivity index (χ1v) is 10.00. The summed E-state index contributed by atoms with van der Waals surface area (Å²) < 4.78 is 15.9. The Morgan fingerprint density at radius 1 is 1.13 bits per heavy atom. The molecule has 4 rings (SSSR count). The number of anilines is 1. The number of nitrogens with zero attached hydrogens (tertiary/aromatic N) is 1.